The fraction of sp³-hybridized carbons (Fsp3) is 0.150. The largest absolute Gasteiger partial charge is 0.384 e. The van der Waals surface area contributed by atoms with Crippen molar-refractivity contribution >= 4 is 0 Å². The lowest BCUT2D eigenvalue weighted by atomic mass is 9.82. The summed E-state index contributed by atoms with van der Waals surface area (Å²) in [6, 6.07) is 24.0. The van der Waals surface area contributed by atoms with Crippen LogP contribution in [0.4, 0.5) is 0 Å². The van der Waals surface area contributed by atoms with Crippen molar-refractivity contribution in [1.29, 1.82) is 0 Å². The Hall–Kier alpha value is -2.45. The van der Waals surface area contributed by atoms with Gasteiger partial charge in [0.05, 0.1) is 5.60 Å². The molecule has 2 heteroatoms. The molecule has 0 saturated carbocycles. The van der Waals surface area contributed by atoms with Gasteiger partial charge in [-0.2, -0.15) is 0 Å². The lowest BCUT2D eigenvalue weighted by Gasteiger charge is -2.29. The molecular formula is C20H19NO. The van der Waals surface area contributed by atoms with Gasteiger partial charge in [-0.05, 0) is 28.8 Å². The van der Waals surface area contributed by atoms with Gasteiger partial charge in [0.1, 0.15) is 0 Å². The molecule has 0 radical (unpaired) electrons. The monoisotopic (exact) mass is 289 g/mol. The molecule has 0 unspecified atom stereocenters. The molecule has 2 aromatic carbocycles. The van der Waals surface area contributed by atoms with Gasteiger partial charge in [-0.15, -0.1) is 0 Å². The molecule has 110 valence electrons. The summed E-state index contributed by atoms with van der Waals surface area (Å²) in [4.78, 5) is 4.06. The average Bonchev–Trinajstić information content (AvgIpc) is 2.57. The number of pyridine rings is 1. The predicted octanol–water partition coefficient (Wildman–Crippen LogP) is 3.75. The van der Waals surface area contributed by atoms with E-state index in [4.69, 9.17) is 0 Å². The maximum absolute atomic E-state index is 11.4. The SMILES string of the molecule is OC(Cc1ccccc1)(Cc1ccccc1)c1ccncc1. The zero-order valence-electron chi connectivity index (χ0n) is 12.4. The molecule has 0 amide bonds. The van der Waals surface area contributed by atoms with Gasteiger partial charge in [0.15, 0.2) is 0 Å². The summed E-state index contributed by atoms with van der Waals surface area (Å²) in [5, 5.41) is 11.4. The molecule has 0 fully saturated rings. The Balaban J connectivity index is 1.95. The van der Waals surface area contributed by atoms with Crippen LogP contribution in [0.1, 0.15) is 16.7 Å². The van der Waals surface area contributed by atoms with Gasteiger partial charge in [0.25, 0.3) is 0 Å². The van der Waals surface area contributed by atoms with E-state index in [0.717, 1.165) is 16.7 Å². The Bertz CT molecular complexity index is 654. The molecule has 0 spiro atoms. The minimum absolute atomic E-state index is 0.576. The van der Waals surface area contributed by atoms with Crippen LogP contribution in [-0.4, -0.2) is 10.1 Å². The summed E-state index contributed by atoms with van der Waals surface area (Å²) >= 11 is 0. The highest BCUT2D eigenvalue weighted by Crippen LogP contribution is 2.29. The van der Waals surface area contributed by atoms with E-state index < -0.39 is 5.60 Å². The molecule has 3 aromatic rings. The van der Waals surface area contributed by atoms with Crippen molar-refractivity contribution < 1.29 is 5.11 Å². The Kier molecular flexibility index (Phi) is 4.31. The van der Waals surface area contributed by atoms with Crippen LogP contribution in [0.25, 0.3) is 0 Å². The van der Waals surface area contributed by atoms with Crippen molar-refractivity contribution in [1.82, 2.24) is 4.98 Å². The first kappa shape index (κ1) is 14.5. The number of aliphatic hydroxyl groups is 1. The second kappa shape index (κ2) is 6.54. The minimum Gasteiger partial charge on any atom is -0.384 e. The van der Waals surface area contributed by atoms with Gasteiger partial charge in [-0.25, -0.2) is 0 Å². The van der Waals surface area contributed by atoms with E-state index >= 15 is 0 Å². The van der Waals surface area contributed by atoms with Gasteiger partial charge in [0, 0.05) is 25.2 Å². The van der Waals surface area contributed by atoms with Crippen molar-refractivity contribution in [3.05, 3.63) is 102 Å². The van der Waals surface area contributed by atoms with Gasteiger partial charge in [0.2, 0.25) is 0 Å². The standard InChI is InChI=1S/C20H19NO/c22-20(19-11-13-21-14-12-19,15-17-7-3-1-4-8-17)16-18-9-5-2-6-10-18/h1-14,22H,15-16H2. The molecular weight excluding hydrogens is 270 g/mol. The molecule has 22 heavy (non-hydrogen) atoms. The highest BCUT2D eigenvalue weighted by molar-refractivity contribution is 5.29. The topological polar surface area (TPSA) is 33.1 Å². The van der Waals surface area contributed by atoms with Crippen molar-refractivity contribution in [2.45, 2.75) is 18.4 Å². The third kappa shape index (κ3) is 3.41. The molecule has 0 aliphatic carbocycles. The van der Waals surface area contributed by atoms with Crippen LogP contribution in [0.15, 0.2) is 85.2 Å². The summed E-state index contributed by atoms with van der Waals surface area (Å²) in [5.41, 5.74) is 2.21. The zero-order chi connectivity index (χ0) is 15.3. The Morgan fingerprint density at radius 3 is 1.59 bits per heavy atom. The van der Waals surface area contributed by atoms with E-state index in [1.54, 1.807) is 12.4 Å². The van der Waals surface area contributed by atoms with Crippen LogP contribution in [0.3, 0.4) is 0 Å². The average molecular weight is 289 g/mol. The van der Waals surface area contributed by atoms with Crippen molar-refractivity contribution in [2.24, 2.45) is 0 Å². The van der Waals surface area contributed by atoms with Gasteiger partial charge in [-0.1, -0.05) is 60.7 Å². The second-order valence-corrected chi connectivity index (χ2v) is 5.59. The quantitative estimate of drug-likeness (QED) is 0.776. The van der Waals surface area contributed by atoms with Crippen LogP contribution in [0.5, 0.6) is 0 Å². The van der Waals surface area contributed by atoms with E-state index in [2.05, 4.69) is 29.2 Å². The Morgan fingerprint density at radius 1 is 0.682 bits per heavy atom. The van der Waals surface area contributed by atoms with E-state index in [1.165, 1.54) is 0 Å². The van der Waals surface area contributed by atoms with Crippen LogP contribution < -0.4 is 0 Å². The van der Waals surface area contributed by atoms with E-state index in [9.17, 15) is 5.11 Å². The molecule has 0 bridgehead atoms. The number of rotatable bonds is 5. The van der Waals surface area contributed by atoms with Crippen molar-refractivity contribution in [2.75, 3.05) is 0 Å². The maximum atomic E-state index is 11.4. The van der Waals surface area contributed by atoms with Crippen LogP contribution >= 0.6 is 0 Å². The fourth-order valence-electron chi connectivity index (χ4n) is 2.80. The summed E-state index contributed by atoms with van der Waals surface area (Å²) in [6.07, 6.45) is 4.62. The van der Waals surface area contributed by atoms with Crippen LogP contribution in [0.2, 0.25) is 0 Å². The highest BCUT2D eigenvalue weighted by Gasteiger charge is 2.29. The van der Waals surface area contributed by atoms with Crippen molar-refractivity contribution in [3.8, 4) is 0 Å². The van der Waals surface area contributed by atoms with Crippen molar-refractivity contribution in [3.63, 3.8) is 0 Å². The number of benzene rings is 2. The molecule has 0 atom stereocenters. The molecule has 1 aromatic heterocycles. The molecule has 0 saturated heterocycles. The fourth-order valence-corrected chi connectivity index (χ4v) is 2.80. The highest BCUT2D eigenvalue weighted by atomic mass is 16.3. The molecule has 0 aliphatic heterocycles. The normalized spacial score (nSPS) is 11.3. The number of hydrogen-bond acceptors (Lipinski definition) is 2. The molecule has 1 heterocycles. The Morgan fingerprint density at radius 2 is 1.14 bits per heavy atom. The third-order valence-corrected chi connectivity index (χ3v) is 3.90. The van der Waals surface area contributed by atoms with Crippen LogP contribution in [0, 0.1) is 0 Å². The first-order valence-corrected chi connectivity index (χ1v) is 7.47. The number of nitrogens with zero attached hydrogens (tertiary/aromatic N) is 1. The molecule has 1 N–H and O–H groups in total. The van der Waals surface area contributed by atoms with Gasteiger partial charge in [-0.3, -0.25) is 4.98 Å². The lowest BCUT2D eigenvalue weighted by Crippen LogP contribution is -2.31. The molecule has 2 nitrogen and oxygen atoms in total. The van der Waals surface area contributed by atoms with Gasteiger partial charge >= 0.3 is 0 Å². The molecule has 3 rings (SSSR count). The molecule has 0 aliphatic rings. The lowest BCUT2D eigenvalue weighted by molar-refractivity contribution is 0.0370. The van der Waals surface area contributed by atoms with Gasteiger partial charge < -0.3 is 5.11 Å². The summed E-state index contributed by atoms with van der Waals surface area (Å²) < 4.78 is 0. The maximum Gasteiger partial charge on any atom is 0.0977 e. The zero-order valence-corrected chi connectivity index (χ0v) is 12.4. The van der Waals surface area contributed by atoms with E-state index in [0.29, 0.717) is 12.8 Å². The summed E-state index contributed by atoms with van der Waals surface area (Å²) in [5.74, 6) is 0. The smallest absolute Gasteiger partial charge is 0.0977 e. The summed E-state index contributed by atoms with van der Waals surface area (Å²) in [7, 11) is 0. The Labute approximate surface area is 131 Å². The van der Waals surface area contributed by atoms with E-state index in [1.807, 2.05) is 48.5 Å². The first-order valence-electron chi connectivity index (χ1n) is 7.47. The predicted molar refractivity (Wildman–Crippen MR) is 88.4 cm³/mol. The third-order valence-electron chi connectivity index (χ3n) is 3.90. The summed E-state index contributed by atoms with van der Waals surface area (Å²) in [6.45, 7) is 0. The number of aromatic nitrogens is 1. The number of hydrogen-bond donors (Lipinski definition) is 1. The van der Waals surface area contributed by atoms with Crippen LogP contribution in [-0.2, 0) is 18.4 Å². The minimum atomic E-state index is -0.939. The first-order chi connectivity index (χ1) is 10.8. The van der Waals surface area contributed by atoms with E-state index in [-0.39, 0.29) is 0 Å². The second-order valence-electron chi connectivity index (χ2n) is 5.59.